The Bertz CT molecular complexity index is 375. The van der Waals surface area contributed by atoms with Crippen LogP contribution in [-0.2, 0) is 16.6 Å². The summed E-state index contributed by atoms with van der Waals surface area (Å²) in [4.78, 5) is 4.01. The molecule has 16 heavy (non-hydrogen) atoms. The first-order valence-corrected chi connectivity index (χ1v) is 7.72. The summed E-state index contributed by atoms with van der Waals surface area (Å²) in [6.07, 6.45) is 1.54. The van der Waals surface area contributed by atoms with Crippen LogP contribution in [0.3, 0.4) is 0 Å². The van der Waals surface area contributed by atoms with Crippen LogP contribution in [0, 0.1) is 0 Å². The smallest absolute Gasteiger partial charge is 0.211 e. The lowest BCUT2D eigenvalue weighted by Gasteiger charge is -2.04. The van der Waals surface area contributed by atoms with Gasteiger partial charge in [-0.15, -0.1) is 11.3 Å². The van der Waals surface area contributed by atoms with E-state index >= 15 is 0 Å². The first kappa shape index (κ1) is 13.6. The zero-order valence-corrected chi connectivity index (χ0v) is 10.9. The summed E-state index contributed by atoms with van der Waals surface area (Å²) in [6, 6.07) is 0. The van der Waals surface area contributed by atoms with E-state index in [-0.39, 0.29) is 12.3 Å². The lowest BCUT2D eigenvalue weighted by Crippen LogP contribution is -2.26. The minimum Gasteiger partial charge on any atom is -0.320 e. The SMILES string of the molecule is CNCCCCS(=O)(=O)NCc1cscn1. The summed E-state index contributed by atoms with van der Waals surface area (Å²) in [5.41, 5.74) is 2.46. The van der Waals surface area contributed by atoms with Gasteiger partial charge in [0.2, 0.25) is 10.0 Å². The van der Waals surface area contributed by atoms with Crippen LogP contribution in [0.5, 0.6) is 0 Å². The Balaban J connectivity index is 2.23. The summed E-state index contributed by atoms with van der Waals surface area (Å²) in [5.74, 6) is 0.179. The van der Waals surface area contributed by atoms with Gasteiger partial charge in [0.1, 0.15) is 0 Å². The van der Waals surface area contributed by atoms with Crippen molar-refractivity contribution in [3.05, 3.63) is 16.6 Å². The van der Waals surface area contributed by atoms with Crippen molar-refractivity contribution in [2.24, 2.45) is 0 Å². The van der Waals surface area contributed by atoms with Gasteiger partial charge in [-0.25, -0.2) is 18.1 Å². The number of unbranched alkanes of at least 4 members (excludes halogenated alkanes) is 1. The van der Waals surface area contributed by atoms with Crippen LogP contribution in [-0.4, -0.2) is 32.7 Å². The molecule has 1 aromatic rings. The number of hydrogen-bond acceptors (Lipinski definition) is 5. The molecule has 5 nitrogen and oxygen atoms in total. The van der Waals surface area contributed by atoms with E-state index in [0.29, 0.717) is 6.42 Å². The molecule has 0 saturated carbocycles. The molecule has 0 bridgehead atoms. The largest absolute Gasteiger partial charge is 0.320 e. The Hall–Kier alpha value is -0.500. The number of hydrogen-bond donors (Lipinski definition) is 2. The fraction of sp³-hybridized carbons (Fsp3) is 0.667. The molecule has 2 N–H and O–H groups in total. The minimum absolute atomic E-state index is 0.179. The van der Waals surface area contributed by atoms with E-state index in [0.717, 1.165) is 18.7 Å². The maximum absolute atomic E-state index is 11.5. The molecule has 0 radical (unpaired) electrons. The highest BCUT2D eigenvalue weighted by Gasteiger charge is 2.09. The Labute approximate surface area is 100 Å². The Morgan fingerprint density at radius 2 is 2.25 bits per heavy atom. The Morgan fingerprint density at radius 3 is 2.88 bits per heavy atom. The van der Waals surface area contributed by atoms with E-state index in [4.69, 9.17) is 0 Å². The van der Waals surface area contributed by atoms with Crippen LogP contribution in [0.4, 0.5) is 0 Å². The van der Waals surface area contributed by atoms with Gasteiger partial charge in [-0.3, -0.25) is 0 Å². The van der Waals surface area contributed by atoms with Gasteiger partial charge in [0.15, 0.2) is 0 Å². The van der Waals surface area contributed by atoms with Crippen molar-refractivity contribution in [1.29, 1.82) is 0 Å². The van der Waals surface area contributed by atoms with Crippen molar-refractivity contribution in [3.63, 3.8) is 0 Å². The fourth-order valence-corrected chi connectivity index (χ4v) is 2.83. The van der Waals surface area contributed by atoms with Crippen LogP contribution < -0.4 is 10.0 Å². The zero-order valence-electron chi connectivity index (χ0n) is 9.27. The lowest BCUT2D eigenvalue weighted by atomic mass is 10.3. The highest BCUT2D eigenvalue weighted by Crippen LogP contribution is 2.01. The molecular formula is C9H17N3O2S2. The van der Waals surface area contributed by atoms with Crippen LogP contribution in [0.2, 0.25) is 0 Å². The molecular weight excluding hydrogens is 246 g/mol. The third-order valence-electron chi connectivity index (χ3n) is 2.05. The highest BCUT2D eigenvalue weighted by atomic mass is 32.2. The van der Waals surface area contributed by atoms with Crippen molar-refractivity contribution in [2.75, 3.05) is 19.3 Å². The Kier molecular flexibility index (Phi) is 5.89. The van der Waals surface area contributed by atoms with E-state index in [1.165, 1.54) is 11.3 Å². The van der Waals surface area contributed by atoms with Crippen molar-refractivity contribution >= 4 is 21.4 Å². The van der Waals surface area contributed by atoms with Crippen molar-refractivity contribution in [2.45, 2.75) is 19.4 Å². The molecule has 0 aliphatic heterocycles. The van der Waals surface area contributed by atoms with E-state index in [9.17, 15) is 8.42 Å². The van der Waals surface area contributed by atoms with Crippen LogP contribution in [0.25, 0.3) is 0 Å². The molecule has 92 valence electrons. The number of thiazole rings is 1. The average molecular weight is 263 g/mol. The normalized spacial score (nSPS) is 11.8. The first-order valence-electron chi connectivity index (χ1n) is 5.13. The van der Waals surface area contributed by atoms with Crippen molar-refractivity contribution in [1.82, 2.24) is 15.0 Å². The van der Waals surface area contributed by atoms with Gasteiger partial charge in [-0.1, -0.05) is 0 Å². The van der Waals surface area contributed by atoms with Crippen LogP contribution in [0.1, 0.15) is 18.5 Å². The molecule has 1 rings (SSSR count). The summed E-state index contributed by atoms with van der Waals surface area (Å²) < 4.78 is 25.6. The van der Waals surface area contributed by atoms with Gasteiger partial charge >= 0.3 is 0 Å². The molecule has 0 aliphatic carbocycles. The van der Waals surface area contributed by atoms with E-state index in [1.807, 2.05) is 12.4 Å². The van der Waals surface area contributed by atoms with E-state index in [1.54, 1.807) is 5.51 Å². The predicted octanol–water partition coefficient (Wildman–Crippen LogP) is 0.562. The second kappa shape index (κ2) is 6.95. The molecule has 0 fully saturated rings. The first-order chi connectivity index (χ1) is 7.64. The third kappa shape index (κ3) is 5.55. The minimum atomic E-state index is -3.15. The standard InChI is InChI=1S/C9H17N3O2S2/c1-10-4-2-3-5-16(13,14)12-6-9-7-15-8-11-9/h7-8,10,12H,2-6H2,1H3. The lowest BCUT2D eigenvalue weighted by molar-refractivity contribution is 0.575. The molecule has 0 spiro atoms. The number of nitrogens with zero attached hydrogens (tertiary/aromatic N) is 1. The van der Waals surface area contributed by atoms with Crippen molar-refractivity contribution in [3.8, 4) is 0 Å². The summed E-state index contributed by atoms with van der Waals surface area (Å²) in [5, 5.41) is 4.82. The molecule has 0 saturated heterocycles. The maximum atomic E-state index is 11.5. The number of rotatable bonds is 8. The topological polar surface area (TPSA) is 71.1 Å². The third-order valence-corrected chi connectivity index (χ3v) is 4.09. The van der Waals surface area contributed by atoms with Gasteiger partial charge in [-0.2, -0.15) is 0 Å². The highest BCUT2D eigenvalue weighted by molar-refractivity contribution is 7.89. The molecule has 0 aromatic carbocycles. The number of sulfonamides is 1. The van der Waals surface area contributed by atoms with Gasteiger partial charge in [0, 0.05) is 5.38 Å². The van der Waals surface area contributed by atoms with E-state index < -0.39 is 10.0 Å². The second-order valence-corrected chi connectivity index (χ2v) is 6.08. The summed E-state index contributed by atoms with van der Waals surface area (Å²) in [7, 11) is -1.30. The quantitative estimate of drug-likeness (QED) is 0.672. The second-order valence-electron chi connectivity index (χ2n) is 3.43. The monoisotopic (exact) mass is 263 g/mol. The fourth-order valence-electron chi connectivity index (χ4n) is 1.17. The molecule has 1 heterocycles. The number of aromatic nitrogens is 1. The molecule has 0 amide bonds. The van der Waals surface area contributed by atoms with Gasteiger partial charge in [0.25, 0.3) is 0 Å². The van der Waals surface area contributed by atoms with Crippen LogP contribution in [0.15, 0.2) is 10.9 Å². The molecule has 1 aromatic heterocycles. The molecule has 0 aliphatic rings. The maximum Gasteiger partial charge on any atom is 0.211 e. The van der Waals surface area contributed by atoms with E-state index in [2.05, 4.69) is 15.0 Å². The zero-order chi connectivity index (χ0) is 11.9. The summed E-state index contributed by atoms with van der Waals surface area (Å²) >= 11 is 1.46. The van der Waals surface area contributed by atoms with Gasteiger partial charge in [0.05, 0.1) is 23.5 Å². The molecule has 0 atom stereocenters. The number of nitrogens with one attached hydrogen (secondary N) is 2. The van der Waals surface area contributed by atoms with Gasteiger partial charge < -0.3 is 5.32 Å². The predicted molar refractivity (Wildman–Crippen MR) is 65.9 cm³/mol. The van der Waals surface area contributed by atoms with Crippen molar-refractivity contribution < 1.29 is 8.42 Å². The molecule has 0 unspecified atom stereocenters. The average Bonchev–Trinajstić information content (AvgIpc) is 2.75. The van der Waals surface area contributed by atoms with Crippen LogP contribution >= 0.6 is 11.3 Å². The molecule has 7 heteroatoms. The van der Waals surface area contributed by atoms with Gasteiger partial charge in [-0.05, 0) is 26.4 Å². The summed E-state index contributed by atoms with van der Waals surface area (Å²) in [6.45, 7) is 1.14. The Morgan fingerprint density at radius 1 is 1.44 bits per heavy atom.